The Labute approximate surface area is 197 Å². The fraction of sp³-hybridized carbons (Fsp3) is 0.417. The highest BCUT2D eigenvalue weighted by molar-refractivity contribution is 6.30. The van der Waals surface area contributed by atoms with Crippen molar-refractivity contribution in [3.63, 3.8) is 0 Å². The first-order valence-electron chi connectivity index (χ1n) is 10.8. The maximum absolute atomic E-state index is 13.4. The third-order valence-corrected chi connectivity index (χ3v) is 6.15. The number of hydrogen-bond donors (Lipinski definition) is 1. The molecule has 0 radical (unpaired) electrons. The highest BCUT2D eigenvalue weighted by Gasteiger charge is 2.23. The predicted octanol–water partition coefficient (Wildman–Crippen LogP) is 5.20. The zero-order chi connectivity index (χ0) is 22.9. The van der Waals surface area contributed by atoms with E-state index in [-0.39, 0.29) is 29.2 Å². The minimum Gasteiger partial charge on any atom is -0.484 e. The number of ether oxygens (including phenoxy) is 1. The summed E-state index contributed by atoms with van der Waals surface area (Å²) >= 11 is 11.6. The number of nitrogens with one attached hydrogen (secondary N) is 1. The molecule has 0 spiro atoms. The van der Waals surface area contributed by atoms with Gasteiger partial charge in [0.25, 0.3) is 5.91 Å². The quantitative estimate of drug-likeness (QED) is 0.501. The summed E-state index contributed by atoms with van der Waals surface area (Å²) in [6.45, 7) is 1.79. The van der Waals surface area contributed by atoms with Crippen LogP contribution in [-0.4, -0.2) is 43.0 Å². The van der Waals surface area contributed by atoms with Gasteiger partial charge in [-0.15, -0.1) is 0 Å². The van der Waals surface area contributed by atoms with Crippen LogP contribution in [0.15, 0.2) is 42.5 Å². The molecule has 1 saturated heterocycles. The molecule has 8 heteroatoms. The average Bonchev–Trinajstić information content (AvgIpc) is 2.80. The van der Waals surface area contributed by atoms with Gasteiger partial charge in [-0.2, -0.15) is 0 Å². The number of hydrogen-bond acceptors (Lipinski definition) is 3. The summed E-state index contributed by atoms with van der Waals surface area (Å²) < 4.78 is 18.6. The largest absolute Gasteiger partial charge is 0.484 e. The molecule has 172 valence electrons. The molecule has 5 nitrogen and oxygen atoms in total. The number of nitrogens with zero attached hydrogens (tertiary/aromatic N) is 1. The fourth-order valence-corrected chi connectivity index (χ4v) is 3.99. The number of carbonyl (C=O) groups is 2. The zero-order valence-corrected chi connectivity index (χ0v) is 19.3. The summed E-state index contributed by atoms with van der Waals surface area (Å²) in [7, 11) is 0. The van der Waals surface area contributed by atoms with Crippen LogP contribution >= 0.6 is 23.2 Å². The SMILES string of the molecule is O=C(COc1ccc(Cl)c(F)c1)NCCCCC(=O)N1CCC(c2ccc(Cl)cc2)CC1. The minimum absolute atomic E-state index is 0.00211. The van der Waals surface area contributed by atoms with Crippen LogP contribution in [-0.2, 0) is 9.59 Å². The Morgan fingerprint density at radius 3 is 2.47 bits per heavy atom. The van der Waals surface area contributed by atoms with Gasteiger partial charge in [0, 0.05) is 37.1 Å². The molecule has 0 atom stereocenters. The Balaban J connectivity index is 1.26. The lowest BCUT2D eigenvalue weighted by Gasteiger charge is -2.32. The van der Waals surface area contributed by atoms with Crippen molar-refractivity contribution >= 4 is 35.0 Å². The molecule has 0 unspecified atom stereocenters. The Kier molecular flexibility index (Phi) is 9.18. The summed E-state index contributed by atoms with van der Waals surface area (Å²) in [5.74, 6) is -0.0102. The van der Waals surface area contributed by atoms with Crippen LogP contribution in [0, 0.1) is 5.82 Å². The number of halogens is 3. The van der Waals surface area contributed by atoms with Gasteiger partial charge >= 0.3 is 0 Å². The summed E-state index contributed by atoms with van der Waals surface area (Å²) in [5.41, 5.74) is 1.28. The van der Waals surface area contributed by atoms with E-state index in [2.05, 4.69) is 17.4 Å². The first-order valence-corrected chi connectivity index (χ1v) is 11.6. The van der Waals surface area contributed by atoms with E-state index in [0.717, 1.165) is 37.0 Å². The van der Waals surface area contributed by atoms with Crippen molar-refractivity contribution in [2.75, 3.05) is 26.2 Å². The molecule has 1 heterocycles. The van der Waals surface area contributed by atoms with E-state index in [0.29, 0.717) is 31.7 Å². The molecule has 0 aliphatic carbocycles. The Morgan fingerprint density at radius 1 is 1.06 bits per heavy atom. The van der Waals surface area contributed by atoms with E-state index in [1.807, 2.05) is 17.0 Å². The van der Waals surface area contributed by atoms with E-state index in [1.165, 1.54) is 17.7 Å². The Hall–Kier alpha value is -2.31. The molecule has 0 aromatic heterocycles. The van der Waals surface area contributed by atoms with Crippen LogP contribution in [0.2, 0.25) is 10.0 Å². The second kappa shape index (κ2) is 12.1. The number of unbranched alkanes of at least 4 members (excludes halogenated alkanes) is 1. The van der Waals surface area contributed by atoms with Crippen LogP contribution in [0.5, 0.6) is 5.75 Å². The van der Waals surface area contributed by atoms with E-state index < -0.39 is 5.82 Å². The smallest absolute Gasteiger partial charge is 0.257 e. The van der Waals surface area contributed by atoms with Crippen molar-refractivity contribution in [3.05, 3.63) is 63.9 Å². The van der Waals surface area contributed by atoms with Crippen LogP contribution in [0.3, 0.4) is 0 Å². The van der Waals surface area contributed by atoms with E-state index in [1.54, 1.807) is 0 Å². The number of carbonyl (C=O) groups excluding carboxylic acids is 2. The molecule has 32 heavy (non-hydrogen) atoms. The number of benzene rings is 2. The summed E-state index contributed by atoms with van der Waals surface area (Å²) in [6.07, 6.45) is 3.80. The van der Waals surface area contributed by atoms with Gasteiger partial charge in [-0.1, -0.05) is 35.3 Å². The third kappa shape index (κ3) is 7.38. The van der Waals surface area contributed by atoms with Crippen molar-refractivity contribution in [2.24, 2.45) is 0 Å². The van der Waals surface area contributed by atoms with Crippen molar-refractivity contribution < 1.29 is 18.7 Å². The monoisotopic (exact) mass is 480 g/mol. The second-order valence-corrected chi connectivity index (χ2v) is 8.72. The predicted molar refractivity (Wildman–Crippen MR) is 124 cm³/mol. The molecule has 0 saturated carbocycles. The summed E-state index contributed by atoms with van der Waals surface area (Å²) in [4.78, 5) is 26.2. The highest BCUT2D eigenvalue weighted by Crippen LogP contribution is 2.29. The van der Waals surface area contributed by atoms with Gasteiger partial charge in [0.05, 0.1) is 5.02 Å². The molecule has 1 N–H and O–H groups in total. The van der Waals surface area contributed by atoms with Gasteiger partial charge in [0.1, 0.15) is 11.6 Å². The van der Waals surface area contributed by atoms with E-state index >= 15 is 0 Å². The maximum Gasteiger partial charge on any atom is 0.257 e. The van der Waals surface area contributed by atoms with Crippen molar-refractivity contribution in [1.82, 2.24) is 10.2 Å². The van der Waals surface area contributed by atoms with Gasteiger partial charge in [-0.3, -0.25) is 9.59 Å². The van der Waals surface area contributed by atoms with Crippen molar-refractivity contribution in [1.29, 1.82) is 0 Å². The Bertz CT molecular complexity index is 916. The van der Waals surface area contributed by atoms with Gasteiger partial charge in [-0.25, -0.2) is 4.39 Å². The molecule has 1 aliphatic heterocycles. The van der Waals surface area contributed by atoms with Gasteiger partial charge in [-0.05, 0) is 61.4 Å². The lowest BCUT2D eigenvalue weighted by molar-refractivity contribution is -0.132. The number of rotatable bonds is 9. The minimum atomic E-state index is -0.594. The normalized spacial score (nSPS) is 14.3. The van der Waals surface area contributed by atoms with Crippen molar-refractivity contribution in [3.8, 4) is 5.75 Å². The van der Waals surface area contributed by atoms with E-state index in [9.17, 15) is 14.0 Å². The molecule has 0 bridgehead atoms. The van der Waals surface area contributed by atoms with Crippen molar-refractivity contribution in [2.45, 2.75) is 38.0 Å². The molecule has 1 aliphatic rings. The summed E-state index contributed by atoms with van der Waals surface area (Å²) in [5, 5.41) is 3.48. The van der Waals surface area contributed by atoms with Crippen LogP contribution < -0.4 is 10.1 Å². The third-order valence-electron chi connectivity index (χ3n) is 5.59. The van der Waals surface area contributed by atoms with Crippen LogP contribution in [0.25, 0.3) is 0 Å². The molecule has 1 fully saturated rings. The van der Waals surface area contributed by atoms with Gasteiger partial charge < -0.3 is 15.0 Å². The van der Waals surface area contributed by atoms with Crippen LogP contribution in [0.1, 0.15) is 43.6 Å². The molecular formula is C24H27Cl2FN2O3. The fourth-order valence-electron chi connectivity index (χ4n) is 3.75. The standard InChI is InChI=1S/C24H27Cl2FN2O3/c25-19-6-4-17(5-7-19)18-10-13-29(14-11-18)24(31)3-1-2-12-28-23(30)16-32-20-8-9-21(26)22(27)15-20/h4-9,15,18H,1-3,10-14,16H2,(H,28,30). The number of piperidine rings is 1. The molecule has 3 rings (SSSR count). The van der Waals surface area contributed by atoms with E-state index in [4.69, 9.17) is 27.9 Å². The van der Waals surface area contributed by atoms with Crippen LogP contribution in [0.4, 0.5) is 4.39 Å². The molecular weight excluding hydrogens is 454 g/mol. The number of likely N-dealkylation sites (tertiary alicyclic amines) is 1. The molecule has 2 aromatic carbocycles. The zero-order valence-electron chi connectivity index (χ0n) is 17.8. The molecule has 2 amide bonds. The lowest BCUT2D eigenvalue weighted by atomic mass is 9.89. The Morgan fingerprint density at radius 2 is 1.78 bits per heavy atom. The second-order valence-electron chi connectivity index (χ2n) is 7.88. The van der Waals surface area contributed by atoms with Gasteiger partial charge in [0.15, 0.2) is 6.61 Å². The van der Waals surface area contributed by atoms with Gasteiger partial charge in [0.2, 0.25) is 5.91 Å². The first kappa shape index (κ1) is 24.3. The topological polar surface area (TPSA) is 58.6 Å². The average molecular weight is 481 g/mol. The summed E-state index contributed by atoms with van der Waals surface area (Å²) in [6, 6.07) is 12.0. The lowest BCUT2D eigenvalue weighted by Crippen LogP contribution is -2.37. The number of amides is 2. The maximum atomic E-state index is 13.4. The highest BCUT2D eigenvalue weighted by atomic mass is 35.5. The first-order chi connectivity index (χ1) is 15.4. The molecule has 2 aromatic rings.